The maximum atomic E-state index is 13.2. The first-order valence-electron chi connectivity index (χ1n) is 11.2. The van der Waals surface area contributed by atoms with E-state index in [0.29, 0.717) is 17.2 Å². The van der Waals surface area contributed by atoms with E-state index in [1.54, 1.807) is 21.3 Å². The number of para-hydroxylation sites is 1. The molecule has 0 spiro atoms. The number of urea groups is 1. The third kappa shape index (κ3) is 3.87. The molecule has 0 aromatic heterocycles. The van der Waals surface area contributed by atoms with Gasteiger partial charge in [-0.25, -0.2) is 4.79 Å². The van der Waals surface area contributed by atoms with Crippen LogP contribution in [0, 0.1) is 0 Å². The summed E-state index contributed by atoms with van der Waals surface area (Å²) in [7, 11) is 4.79. The number of hydrogen-bond acceptors (Lipinski definition) is 4. The highest BCUT2D eigenvalue weighted by molar-refractivity contribution is 5.95. The van der Waals surface area contributed by atoms with E-state index < -0.39 is 11.6 Å². The summed E-state index contributed by atoms with van der Waals surface area (Å²) in [6, 6.07) is 9.72. The summed E-state index contributed by atoms with van der Waals surface area (Å²) in [4.78, 5) is 15.0. The molecule has 6 nitrogen and oxygen atoms in total. The van der Waals surface area contributed by atoms with Crippen LogP contribution in [-0.4, -0.2) is 27.4 Å². The average molecular weight is 441 g/mol. The van der Waals surface area contributed by atoms with E-state index in [2.05, 4.69) is 45.9 Å². The molecular weight excluding hydrogens is 404 g/mol. The Balaban J connectivity index is 2.31. The lowest BCUT2D eigenvalue weighted by molar-refractivity contribution is 0.210. The number of nitrogens with zero attached hydrogens (tertiary/aromatic N) is 1. The lowest BCUT2D eigenvalue weighted by atomic mass is 9.69. The quantitative estimate of drug-likeness (QED) is 0.553. The molecule has 1 saturated carbocycles. The van der Waals surface area contributed by atoms with Gasteiger partial charge in [0.15, 0.2) is 11.5 Å². The molecule has 3 rings (SSSR count). The molecule has 2 aromatic rings. The molecule has 0 saturated heterocycles. The number of carbonyl (C=O) groups excluding carboxylic acids is 1. The van der Waals surface area contributed by atoms with Crippen molar-refractivity contribution in [1.29, 1.82) is 0 Å². The van der Waals surface area contributed by atoms with Crippen molar-refractivity contribution in [2.24, 2.45) is 5.73 Å². The SMILES string of the molecule is COc1cc(C2(N(C(N)=O)c3c(C(C)C)cccc3C(C)C)CCC2)cc(OC)c1OC. The predicted molar refractivity (Wildman–Crippen MR) is 128 cm³/mol. The molecule has 0 unspecified atom stereocenters. The Morgan fingerprint density at radius 3 is 1.75 bits per heavy atom. The molecule has 1 aliphatic carbocycles. The lowest BCUT2D eigenvalue weighted by Gasteiger charge is -2.51. The Morgan fingerprint density at radius 1 is 0.938 bits per heavy atom. The van der Waals surface area contributed by atoms with Crippen LogP contribution in [-0.2, 0) is 5.54 Å². The van der Waals surface area contributed by atoms with Crippen molar-refractivity contribution in [2.45, 2.75) is 64.3 Å². The van der Waals surface area contributed by atoms with Crippen LogP contribution in [0.3, 0.4) is 0 Å². The normalized spacial score (nSPS) is 14.8. The van der Waals surface area contributed by atoms with Gasteiger partial charge < -0.3 is 19.9 Å². The minimum atomic E-state index is -0.576. The molecule has 6 heteroatoms. The zero-order valence-electron chi connectivity index (χ0n) is 20.3. The van der Waals surface area contributed by atoms with Gasteiger partial charge in [0, 0.05) is 0 Å². The number of methoxy groups -OCH3 is 3. The van der Waals surface area contributed by atoms with Crippen LogP contribution in [0.15, 0.2) is 30.3 Å². The Kier molecular flexibility index (Phi) is 6.91. The van der Waals surface area contributed by atoms with Crippen LogP contribution in [0.25, 0.3) is 0 Å². The molecule has 1 aliphatic rings. The summed E-state index contributed by atoms with van der Waals surface area (Å²) in [5.41, 5.74) is 9.66. The smallest absolute Gasteiger partial charge is 0.320 e. The summed E-state index contributed by atoms with van der Waals surface area (Å²) < 4.78 is 16.7. The second-order valence-corrected chi connectivity index (χ2v) is 9.07. The van der Waals surface area contributed by atoms with Crippen LogP contribution >= 0.6 is 0 Å². The van der Waals surface area contributed by atoms with Gasteiger partial charge in [0.2, 0.25) is 5.75 Å². The lowest BCUT2D eigenvalue weighted by Crippen LogP contribution is -2.56. The number of anilines is 1. The Morgan fingerprint density at radius 2 is 1.44 bits per heavy atom. The van der Waals surface area contributed by atoms with Crippen LogP contribution in [0.2, 0.25) is 0 Å². The number of benzene rings is 2. The van der Waals surface area contributed by atoms with Gasteiger partial charge in [-0.1, -0.05) is 45.9 Å². The molecule has 0 aliphatic heterocycles. The number of hydrogen-bond donors (Lipinski definition) is 1. The number of carbonyl (C=O) groups is 1. The molecule has 174 valence electrons. The molecule has 1 fully saturated rings. The number of amides is 2. The van der Waals surface area contributed by atoms with E-state index in [9.17, 15) is 4.79 Å². The highest BCUT2D eigenvalue weighted by atomic mass is 16.5. The van der Waals surface area contributed by atoms with Gasteiger partial charge in [0.1, 0.15) is 0 Å². The van der Waals surface area contributed by atoms with Gasteiger partial charge >= 0.3 is 6.03 Å². The Labute approximate surface area is 191 Å². The molecule has 0 bridgehead atoms. The summed E-state index contributed by atoms with van der Waals surface area (Å²) in [6.07, 6.45) is 2.61. The van der Waals surface area contributed by atoms with Gasteiger partial charge in [0.05, 0.1) is 32.6 Å². The minimum Gasteiger partial charge on any atom is -0.493 e. The van der Waals surface area contributed by atoms with E-state index in [1.165, 1.54) is 0 Å². The Bertz CT molecular complexity index is 929. The average Bonchev–Trinajstić information content (AvgIpc) is 2.74. The van der Waals surface area contributed by atoms with Crippen molar-refractivity contribution in [3.8, 4) is 17.2 Å². The van der Waals surface area contributed by atoms with Gasteiger partial charge in [-0.15, -0.1) is 0 Å². The van der Waals surface area contributed by atoms with Gasteiger partial charge in [-0.3, -0.25) is 4.90 Å². The summed E-state index contributed by atoms with van der Waals surface area (Å²) in [6.45, 7) is 8.59. The first-order valence-corrected chi connectivity index (χ1v) is 11.2. The molecule has 32 heavy (non-hydrogen) atoms. The van der Waals surface area contributed by atoms with Crippen LogP contribution in [0.4, 0.5) is 10.5 Å². The van der Waals surface area contributed by atoms with Crippen LogP contribution in [0.5, 0.6) is 17.2 Å². The zero-order valence-corrected chi connectivity index (χ0v) is 20.3. The van der Waals surface area contributed by atoms with Crippen molar-refractivity contribution >= 4 is 11.7 Å². The van der Waals surface area contributed by atoms with Crippen LogP contribution < -0.4 is 24.8 Å². The molecule has 2 aromatic carbocycles. The van der Waals surface area contributed by atoms with Gasteiger partial charge in [-0.2, -0.15) is 0 Å². The van der Waals surface area contributed by atoms with E-state index in [4.69, 9.17) is 19.9 Å². The minimum absolute atomic E-state index is 0.239. The highest BCUT2D eigenvalue weighted by Crippen LogP contribution is 2.53. The maximum absolute atomic E-state index is 13.2. The van der Waals surface area contributed by atoms with Crippen molar-refractivity contribution < 1.29 is 19.0 Å². The second kappa shape index (κ2) is 9.31. The number of rotatable bonds is 8. The van der Waals surface area contributed by atoms with Crippen molar-refractivity contribution in [2.75, 3.05) is 26.2 Å². The molecule has 2 amide bonds. The topological polar surface area (TPSA) is 74.0 Å². The standard InChI is InChI=1S/C26H36N2O4/c1-16(2)19-10-8-11-20(17(3)4)23(19)28(25(27)29)26(12-9-13-26)18-14-21(30-5)24(32-7)22(15-18)31-6/h8,10-11,14-17H,9,12-13H2,1-7H3,(H2,27,29). The molecule has 0 atom stereocenters. The fraction of sp³-hybridized carbons (Fsp3) is 0.500. The first kappa shape index (κ1) is 23.8. The molecular formula is C26H36N2O4. The van der Waals surface area contributed by atoms with Gasteiger partial charge in [-0.05, 0) is 59.9 Å². The number of ether oxygens (including phenoxy) is 3. The third-order valence-electron chi connectivity index (χ3n) is 6.60. The van der Waals surface area contributed by atoms with Crippen molar-refractivity contribution in [3.63, 3.8) is 0 Å². The van der Waals surface area contributed by atoms with Crippen LogP contribution in [0.1, 0.15) is 75.5 Å². The van der Waals surface area contributed by atoms with E-state index >= 15 is 0 Å². The summed E-state index contributed by atoms with van der Waals surface area (Å²) in [5, 5.41) is 0. The summed E-state index contributed by atoms with van der Waals surface area (Å²) >= 11 is 0. The number of primary amides is 1. The van der Waals surface area contributed by atoms with Crippen molar-refractivity contribution in [1.82, 2.24) is 0 Å². The van der Waals surface area contributed by atoms with Gasteiger partial charge in [0.25, 0.3) is 0 Å². The predicted octanol–water partition coefficient (Wildman–Crippen LogP) is 5.92. The number of nitrogens with two attached hydrogens (primary N) is 1. The second-order valence-electron chi connectivity index (χ2n) is 9.07. The van der Waals surface area contributed by atoms with Crippen molar-refractivity contribution in [3.05, 3.63) is 47.0 Å². The highest BCUT2D eigenvalue weighted by Gasteiger charge is 2.48. The van der Waals surface area contributed by atoms with E-state index in [0.717, 1.165) is 41.6 Å². The third-order valence-corrected chi connectivity index (χ3v) is 6.60. The first-order chi connectivity index (χ1) is 15.2. The summed E-state index contributed by atoms with van der Waals surface area (Å²) in [5.74, 6) is 2.15. The molecule has 0 radical (unpaired) electrons. The largest absolute Gasteiger partial charge is 0.493 e. The molecule has 2 N–H and O–H groups in total. The zero-order chi connectivity index (χ0) is 23.6. The van der Waals surface area contributed by atoms with E-state index in [-0.39, 0.29) is 11.8 Å². The fourth-order valence-corrected chi connectivity index (χ4v) is 4.81. The maximum Gasteiger partial charge on any atom is 0.320 e. The van der Waals surface area contributed by atoms with E-state index in [1.807, 2.05) is 17.0 Å². The Hall–Kier alpha value is -2.89. The monoisotopic (exact) mass is 440 g/mol. The fourth-order valence-electron chi connectivity index (χ4n) is 4.81. The molecule has 0 heterocycles.